The summed E-state index contributed by atoms with van der Waals surface area (Å²) in [4.78, 5) is 23.4. The Morgan fingerprint density at radius 2 is 1.92 bits per heavy atom. The van der Waals surface area contributed by atoms with E-state index in [0.717, 1.165) is 6.26 Å². The summed E-state index contributed by atoms with van der Waals surface area (Å²) in [5.41, 5.74) is 1.44. The van der Waals surface area contributed by atoms with Crippen molar-refractivity contribution in [1.82, 2.24) is 9.78 Å². The quantitative estimate of drug-likeness (QED) is 0.831. The lowest BCUT2D eigenvalue weighted by molar-refractivity contribution is -0.117. The minimum atomic E-state index is -3.59. The van der Waals surface area contributed by atoms with Crippen LogP contribution in [0.1, 0.15) is 29.9 Å². The van der Waals surface area contributed by atoms with Gasteiger partial charge in [-0.15, -0.1) is 0 Å². The largest absolute Gasteiger partial charge is 0.478 e. The van der Waals surface area contributed by atoms with Crippen LogP contribution in [0.4, 0.5) is 5.69 Å². The summed E-state index contributed by atoms with van der Waals surface area (Å²) in [6.45, 7) is 4.28. The minimum Gasteiger partial charge on any atom is -0.478 e. The van der Waals surface area contributed by atoms with Crippen molar-refractivity contribution in [2.24, 2.45) is 0 Å². The molecule has 134 valence electrons. The molecular weight excluding hydrogens is 346 g/mol. The number of carbonyl (C=O) groups is 2. The number of benzene rings is 1. The molecule has 9 heteroatoms. The summed E-state index contributed by atoms with van der Waals surface area (Å²) >= 11 is 0. The van der Waals surface area contributed by atoms with Crippen molar-refractivity contribution in [2.45, 2.75) is 25.5 Å². The molecule has 0 saturated heterocycles. The van der Waals surface area contributed by atoms with E-state index >= 15 is 0 Å². The van der Waals surface area contributed by atoms with Gasteiger partial charge in [0, 0.05) is 11.9 Å². The lowest BCUT2D eigenvalue weighted by Gasteiger charge is -2.21. The Hall–Kier alpha value is -2.68. The highest BCUT2D eigenvalue weighted by Gasteiger charge is 2.38. The van der Waals surface area contributed by atoms with Crippen molar-refractivity contribution in [3.8, 4) is 5.69 Å². The Balaban J connectivity index is 2.34. The number of rotatable bonds is 5. The van der Waals surface area contributed by atoms with Crippen molar-refractivity contribution in [3.05, 3.63) is 41.7 Å². The van der Waals surface area contributed by atoms with Crippen molar-refractivity contribution >= 4 is 27.4 Å². The number of sulfone groups is 1. The van der Waals surface area contributed by atoms with Gasteiger partial charge in [-0.1, -0.05) is 6.07 Å². The number of aromatic carboxylic acids is 1. The highest BCUT2D eigenvalue weighted by Crippen LogP contribution is 2.21. The van der Waals surface area contributed by atoms with Crippen LogP contribution >= 0.6 is 0 Å². The van der Waals surface area contributed by atoms with Gasteiger partial charge in [-0.2, -0.15) is 5.10 Å². The van der Waals surface area contributed by atoms with E-state index in [9.17, 15) is 18.0 Å². The fourth-order valence-corrected chi connectivity index (χ4v) is 2.43. The summed E-state index contributed by atoms with van der Waals surface area (Å²) < 4.78 is 23.4. The Labute approximate surface area is 145 Å². The first-order chi connectivity index (χ1) is 11.4. The van der Waals surface area contributed by atoms with Gasteiger partial charge in [-0.3, -0.25) is 4.79 Å². The molecule has 0 aliphatic carbocycles. The third kappa shape index (κ3) is 3.55. The second-order valence-electron chi connectivity index (χ2n) is 6.15. The maximum atomic E-state index is 12.3. The zero-order chi connectivity index (χ0) is 19.0. The van der Waals surface area contributed by atoms with E-state index in [4.69, 9.17) is 5.11 Å². The standard InChI is InChI=1S/C16H19N3O5S/c1-10-13(14(20)21)9-17-19(10)12-7-5-6-11(8-12)18-15(22)16(2,3)25(4,23)24/h5-9H,1-4H3,(H,18,22)(H,20,21). The molecule has 0 unspecified atom stereocenters. The Bertz CT molecular complexity index is 944. The van der Waals surface area contributed by atoms with Gasteiger partial charge in [0.25, 0.3) is 0 Å². The van der Waals surface area contributed by atoms with Gasteiger partial charge in [-0.25, -0.2) is 17.9 Å². The molecule has 25 heavy (non-hydrogen) atoms. The van der Waals surface area contributed by atoms with E-state index in [1.165, 1.54) is 24.7 Å². The first kappa shape index (κ1) is 18.7. The van der Waals surface area contributed by atoms with Gasteiger partial charge in [0.15, 0.2) is 9.84 Å². The third-order valence-electron chi connectivity index (χ3n) is 4.06. The number of carbonyl (C=O) groups excluding carboxylic acids is 1. The predicted octanol–water partition coefficient (Wildman–Crippen LogP) is 1.64. The molecule has 0 spiro atoms. The SMILES string of the molecule is Cc1c(C(=O)O)cnn1-c1cccc(NC(=O)C(C)(C)S(C)(=O)=O)c1. The van der Waals surface area contributed by atoms with E-state index in [2.05, 4.69) is 10.4 Å². The number of hydrogen-bond acceptors (Lipinski definition) is 5. The lowest BCUT2D eigenvalue weighted by atomic mass is 10.2. The van der Waals surface area contributed by atoms with Crippen LogP contribution in [0.5, 0.6) is 0 Å². The summed E-state index contributed by atoms with van der Waals surface area (Å²) in [6.07, 6.45) is 2.25. The molecule has 0 saturated carbocycles. The van der Waals surface area contributed by atoms with E-state index in [1.807, 2.05) is 0 Å². The molecule has 0 atom stereocenters. The molecule has 0 aliphatic heterocycles. The van der Waals surface area contributed by atoms with Gasteiger partial charge in [0.2, 0.25) is 5.91 Å². The summed E-state index contributed by atoms with van der Waals surface area (Å²) in [6, 6.07) is 6.54. The number of nitrogens with one attached hydrogen (secondary N) is 1. The molecule has 1 aromatic carbocycles. The lowest BCUT2D eigenvalue weighted by Crippen LogP contribution is -2.43. The topological polar surface area (TPSA) is 118 Å². The molecule has 1 heterocycles. The van der Waals surface area contributed by atoms with Crippen LogP contribution in [0.2, 0.25) is 0 Å². The molecule has 0 radical (unpaired) electrons. The van der Waals surface area contributed by atoms with Crippen molar-refractivity contribution in [2.75, 3.05) is 11.6 Å². The molecule has 0 fully saturated rings. The minimum absolute atomic E-state index is 0.0765. The molecule has 2 N–H and O–H groups in total. The maximum Gasteiger partial charge on any atom is 0.339 e. The number of amides is 1. The molecule has 2 aromatic rings. The van der Waals surface area contributed by atoms with Crippen LogP contribution in [0, 0.1) is 6.92 Å². The monoisotopic (exact) mass is 365 g/mol. The number of carboxylic acid groups (broad SMARTS) is 1. The molecule has 1 aromatic heterocycles. The highest BCUT2D eigenvalue weighted by molar-refractivity contribution is 7.92. The van der Waals surface area contributed by atoms with E-state index in [-0.39, 0.29) is 5.56 Å². The average molecular weight is 365 g/mol. The van der Waals surface area contributed by atoms with Crippen LogP contribution in [0.15, 0.2) is 30.5 Å². The molecule has 8 nitrogen and oxygen atoms in total. The average Bonchev–Trinajstić information content (AvgIpc) is 2.88. The molecular formula is C16H19N3O5S. The zero-order valence-electron chi connectivity index (χ0n) is 14.3. The summed E-state index contributed by atoms with van der Waals surface area (Å²) in [7, 11) is -3.59. The predicted molar refractivity (Wildman–Crippen MR) is 92.8 cm³/mol. The van der Waals surface area contributed by atoms with Crippen molar-refractivity contribution < 1.29 is 23.1 Å². The second-order valence-corrected chi connectivity index (χ2v) is 8.71. The second kappa shape index (κ2) is 6.32. The third-order valence-corrected chi connectivity index (χ3v) is 6.10. The van der Waals surface area contributed by atoms with Crippen LogP contribution in [-0.2, 0) is 14.6 Å². The smallest absolute Gasteiger partial charge is 0.339 e. The van der Waals surface area contributed by atoms with Crippen LogP contribution < -0.4 is 5.32 Å². The summed E-state index contributed by atoms with van der Waals surface area (Å²) in [5.74, 6) is -1.74. The van der Waals surface area contributed by atoms with E-state index < -0.39 is 26.5 Å². The number of anilines is 1. The van der Waals surface area contributed by atoms with Crippen molar-refractivity contribution in [3.63, 3.8) is 0 Å². The van der Waals surface area contributed by atoms with Gasteiger partial charge in [-0.05, 0) is 39.0 Å². The molecule has 1 amide bonds. The zero-order valence-corrected chi connectivity index (χ0v) is 15.1. The summed E-state index contributed by atoms with van der Waals surface area (Å²) in [5, 5.41) is 15.7. The Morgan fingerprint density at radius 3 is 2.44 bits per heavy atom. The first-order valence-corrected chi connectivity index (χ1v) is 9.23. The fraction of sp³-hybridized carbons (Fsp3) is 0.312. The number of aromatic nitrogens is 2. The molecule has 2 rings (SSSR count). The van der Waals surface area contributed by atoms with Gasteiger partial charge in [0.05, 0.1) is 17.6 Å². The number of carboxylic acids is 1. The Kier molecular flexibility index (Phi) is 4.72. The van der Waals surface area contributed by atoms with E-state index in [0.29, 0.717) is 17.1 Å². The molecule has 0 bridgehead atoms. The van der Waals surface area contributed by atoms with Gasteiger partial charge in [0.1, 0.15) is 10.3 Å². The normalized spacial score (nSPS) is 12.0. The number of hydrogen-bond donors (Lipinski definition) is 2. The molecule has 0 aliphatic rings. The van der Waals surface area contributed by atoms with Crippen LogP contribution in [-0.4, -0.2) is 46.2 Å². The van der Waals surface area contributed by atoms with Crippen LogP contribution in [0.25, 0.3) is 5.69 Å². The highest BCUT2D eigenvalue weighted by atomic mass is 32.2. The first-order valence-electron chi connectivity index (χ1n) is 7.34. The van der Waals surface area contributed by atoms with Crippen LogP contribution in [0.3, 0.4) is 0 Å². The maximum absolute atomic E-state index is 12.3. The fourth-order valence-electron chi connectivity index (χ4n) is 2.05. The van der Waals surface area contributed by atoms with Gasteiger partial charge >= 0.3 is 5.97 Å². The number of nitrogens with zero attached hydrogens (tertiary/aromatic N) is 2. The van der Waals surface area contributed by atoms with Gasteiger partial charge < -0.3 is 10.4 Å². The van der Waals surface area contributed by atoms with Crippen molar-refractivity contribution in [1.29, 1.82) is 0 Å². The Morgan fingerprint density at radius 1 is 1.28 bits per heavy atom. The van der Waals surface area contributed by atoms with E-state index in [1.54, 1.807) is 31.2 Å².